The number of anilines is 1. The number of amides is 1. The molecule has 1 fully saturated rings. The molecule has 1 aromatic heterocycles. The first-order valence-corrected chi connectivity index (χ1v) is 6.05. The Morgan fingerprint density at radius 3 is 2.63 bits per heavy atom. The minimum Gasteiger partial charge on any atom is -0.480 e. The van der Waals surface area contributed by atoms with E-state index in [2.05, 4.69) is 10.2 Å². The first kappa shape index (κ1) is 13.3. The minimum atomic E-state index is -0.969. The van der Waals surface area contributed by atoms with Gasteiger partial charge >= 0.3 is 5.97 Å². The first-order valence-electron chi connectivity index (χ1n) is 6.05. The Labute approximate surface area is 110 Å². The van der Waals surface area contributed by atoms with E-state index >= 15 is 0 Å². The third-order valence-corrected chi connectivity index (χ3v) is 3.13. The molecule has 102 valence electrons. The minimum absolute atomic E-state index is 0.179. The Kier molecular flexibility index (Phi) is 3.64. The normalized spacial score (nSPS) is 18.4. The number of carbonyl (C=O) groups is 2. The van der Waals surface area contributed by atoms with E-state index in [9.17, 15) is 9.59 Å². The summed E-state index contributed by atoms with van der Waals surface area (Å²) in [6.07, 6.45) is 1.19. The number of hydrogen-bond acceptors (Lipinski definition) is 5. The Bertz CT molecular complexity index is 486. The van der Waals surface area contributed by atoms with Gasteiger partial charge < -0.3 is 14.9 Å². The molecule has 0 spiro atoms. The molecule has 0 saturated carbocycles. The van der Waals surface area contributed by atoms with E-state index in [0.717, 1.165) is 0 Å². The molecule has 2 heterocycles. The highest BCUT2D eigenvalue weighted by atomic mass is 16.4. The van der Waals surface area contributed by atoms with Crippen molar-refractivity contribution < 1.29 is 14.7 Å². The predicted molar refractivity (Wildman–Crippen MR) is 68.1 cm³/mol. The number of aromatic nitrogens is 2. The fourth-order valence-electron chi connectivity index (χ4n) is 2.09. The van der Waals surface area contributed by atoms with Crippen molar-refractivity contribution in [3.8, 4) is 0 Å². The van der Waals surface area contributed by atoms with Crippen LogP contribution in [0.2, 0.25) is 0 Å². The van der Waals surface area contributed by atoms with Gasteiger partial charge in [-0.2, -0.15) is 0 Å². The Balaban J connectivity index is 2.17. The number of nitrogens with zero attached hydrogens (tertiary/aromatic N) is 4. The summed E-state index contributed by atoms with van der Waals surface area (Å²) in [5.41, 5.74) is 0.179. The molecule has 19 heavy (non-hydrogen) atoms. The second-order valence-electron chi connectivity index (χ2n) is 4.67. The molecule has 0 unspecified atom stereocenters. The topological polar surface area (TPSA) is 86.6 Å². The van der Waals surface area contributed by atoms with Gasteiger partial charge in [0.05, 0.1) is 0 Å². The second kappa shape index (κ2) is 5.21. The SMILES string of the molecule is CN(C)c1ccc(C(=O)N2CCC[C@@H]2C(=O)O)nn1. The van der Waals surface area contributed by atoms with Gasteiger partial charge in [0, 0.05) is 20.6 Å². The smallest absolute Gasteiger partial charge is 0.326 e. The average Bonchev–Trinajstić information content (AvgIpc) is 2.87. The van der Waals surface area contributed by atoms with Gasteiger partial charge in [-0.3, -0.25) is 4.79 Å². The number of carbonyl (C=O) groups excluding carboxylic acids is 1. The maximum absolute atomic E-state index is 12.2. The summed E-state index contributed by atoms with van der Waals surface area (Å²) in [5, 5.41) is 16.8. The standard InChI is InChI=1S/C12H16N4O3/c1-15(2)10-6-5-8(13-14-10)11(17)16-7-3-4-9(16)12(18)19/h5-6,9H,3-4,7H2,1-2H3,(H,18,19)/t9-/m1/s1. The summed E-state index contributed by atoms with van der Waals surface area (Å²) >= 11 is 0. The number of carboxylic acids is 1. The van der Waals surface area contributed by atoms with E-state index < -0.39 is 12.0 Å². The van der Waals surface area contributed by atoms with Crippen LogP contribution in [0.25, 0.3) is 0 Å². The molecule has 1 atom stereocenters. The van der Waals surface area contributed by atoms with E-state index in [1.807, 2.05) is 14.1 Å². The summed E-state index contributed by atoms with van der Waals surface area (Å²) < 4.78 is 0. The van der Waals surface area contributed by atoms with Gasteiger partial charge in [-0.05, 0) is 25.0 Å². The number of carboxylic acid groups (broad SMARTS) is 1. The molecule has 0 aromatic carbocycles. The number of likely N-dealkylation sites (tertiary alicyclic amines) is 1. The molecule has 0 radical (unpaired) electrons. The highest BCUT2D eigenvalue weighted by Gasteiger charge is 2.35. The highest BCUT2D eigenvalue weighted by Crippen LogP contribution is 2.19. The number of aliphatic carboxylic acids is 1. The third-order valence-electron chi connectivity index (χ3n) is 3.13. The molecule has 1 N–H and O–H groups in total. The monoisotopic (exact) mass is 264 g/mol. The fourth-order valence-corrected chi connectivity index (χ4v) is 2.09. The van der Waals surface area contributed by atoms with Crippen molar-refractivity contribution in [3.05, 3.63) is 17.8 Å². The molecular formula is C12H16N4O3. The van der Waals surface area contributed by atoms with E-state index in [-0.39, 0.29) is 11.6 Å². The van der Waals surface area contributed by atoms with E-state index in [1.54, 1.807) is 17.0 Å². The molecule has 1 aliphatic rings. The molecule has 1 amide bonds. The average molecular weight is 264 g/mol. The maximum Gasteiger partial charge on any atom is 0.326 e. The number of rotatable bonds is 3. The summed E-state index contributed by atoms with van der Waals surface area (Å²) in [4.78, 5) is 26.4. The van der Waals surface area contributed by atoms with Crippen molar-refractivity contribution in [1.29, 1.82) is 0 Å². The van der Waals surface area contributed by atoms with Crippen LogP contribution in [0.3, 0.4) is 0 Å². The van der Waals surface area contributed by atoms with Crippen LogP contribution in [-0.4, -0.2) is 58.8 Å². The van der Waals surface area contributed by atoms with Crippen molar-refractivity contribution in [2.24, 2.45) is 0 Å². The van der Waals surface area contributed by atoms with Gasteiger partial charge in [0.2, 0.25) is 0 Å². The maximum atomic E-state index is 12.2. The molecule has 7 nitrogen and oxygen atoms in total. The van der Waals surface area contributed by atoms with Crippen LogP contribution in [0.5, 0.6) is 0 Å². The van der Waals surface area contributed by atoms with E-state index in [1.165, 1.54) is 4.90 Å². The van der Waals surface area contributed by atoms with Gasteiger partial charge in [-0.25, -0.2) is 4.79 Å². The summed E-state index contributed by atoms with van der Waals surface area (Å²) in [5.74, 6) is -0.695. The Hall–Kier alpha value is -2.18. The first-order chi connectivity index (χ1) is 9.00. The molecule has 0 aliphatic carbocycles. The van der Waals surface area contributed by atoms with E-state index in [4.69, 9.17) is 5.11 Å². The van der Waals surface area contributed by atoms with Crippen molar-refractivity contribution in [2.75, 3.05) is 25.5 Å². The Morgan fingerprint density at radius 2 is 2.11 bits per heavy atom. The van der Waals surface area contributed by atoms with Crippen molar-refractivity contribution >= 4 is 17.7 Å². The molecule has 1 aliphatic heterocycles. The van der Waals surface area contributed by atoms with Gasteiger partial charge in [-0.15, -0.1) is 10.2 Å². The van der Waals surface area contributed by atoms with Crippen LogP contribution in [0, 0.1) is 0 Å². The molecular weight excluding hydrogens is 248 g/mol. The zero-order valence-corrected chi connectivity index (χ0v) is 10.9. The lowest BCUT2D eigenvalue weighted by atomic mass is 10.2. The molecule has 0 bridgehead atoms. The summed E-state index contributed by atoms with van der Waals surface area (Å²) in [7, 11) is 3.65. The molecule has 1 saturated heterocycles. The van der Waals surface area contributed by atoms with Crippen molar-refractivity contribution in [1.82, 2.24) is 15.1 Å². The third kappa shape index (κ3) is 2.64. The van der Waals surface area contributed by atoms with Gasteiger partial charge in [-0.1, -0.05) is 0 Å². The lowest BCUT2D eigenvalue weighted by Gasteiger charge is -2.20. The van der Waals surface area contributed by atoms with Crippen LogP contribution in [0.4, 0.5) is 5.82 Å². The van der Waals surface area contributed by atoms with Gasteiger partial charge in [0.1, 0.15) is 6.04 Å². The van der Waals surface area contributed by atoms with Crippen LogP contribution in [0.1, 0.15) is 23.3 Å². The quantitative estimate of drug-likeness (QED) is 0.841. The fraction of sp³-hybridized carbons (Fsp3) is 0.500. The Morgan fingerprint density at radius 1 is 1.37 bits per heavy atom. The van der Waals surface area contributed by atoms with Crippen molar-refractivity contribution in [3.63, 3.8) is 0 Å². The van der Waals surface area contributed by atoms with Gasteiger partial charge in [0.15, 0.2) is 11.5 Å². The summed E-state index contributed by atoms with van der Waals surface area (Å²) in [6.45, 7) is 0.451. The van der Waals surface area contributed by atoms with Crippen molar-refractivity contribution in [2.45, 2.75) is 18.9 Å². The lowest BCUT2D eigenvalue weighted by Crippen LogP contribution is -2.40. The lowest BCUT2D eigenvalue weighted by molar-refractivity contribution is -0.141. The van der Waals surface area contributed by atoms with Crippen LogP contribution >= 0.6 is 0 Å². The number of hydrogen-bond donors (Lipinski definition) is 1. The molecule has 7 heteroatoms. The zero-order valence-electron chi connectivity index (χ0n) is 10.9. The van der Waals surface area contributed by atoms with Crippen LogP contribution in [-0.2, 0) is 4.79 Å². The predicted octanol–water partition coefficient (Wildman–Crippen LogP) is 0.232. The highest BCUT2D eigenvalue weighted by molar-refractivity contribution is 5.95. The van der Waals surface area contributed by atoms with Crippen LogP contribution in [0.15, 0.2) is 12.1 Å². The van der Waals surface area contributed by atoms with Crippen LogP contribution < -0.4 is 4.90 Å². The zero-order chi connectivity index (χ0) is 14.0. The molecule has 1 aromatic rings. The van der Waals surface area contributed by atoms with E-state index in [0.29, 0.717) is 25.2 Å². The van der Waals surface area contributed by atoms with Gasteiger partial charge in [0.25, 0.3) is 5.91 Å². The second-order valence-corrected chi connectivity index (χ2v) is 4.67. The summed E-state index contributed by atoms with van der Waals surface area (Å²) in [6, 6.07) is 2.51. The largest absolute Gasteiger partial charge is 0.480 e. The molecule has 2 rings (SSSR count).